The first-order valence-electron chi connectivity index (χ1n) is 11.9. The molecule has 2 aromatic rings. The van der Waals surface area contributed by atoms with Crippen LogP contribution in [0.25, 0.3) is 5.57 Å². The molecule has 1 aliphatic rings. The number of esters is 1. The predicted molar refractivity (Wildman–Crippen MR) is 140 cm³/mol. The molecule has 0 radical (unpaired) electrons. The number of aryl methyl sites for hydroxylation is 1. The lowest BCUT2D eigenvalue weighted by atomic mass is 9.74. The van der Waals surface area contributed by atoms with Gasteiger partial charge in [0.05, 0.1) is 31.4 Å². The van der Waals surface area contributed by atoms with Crippen molar-refractivity contribution in [2.75, 3.05) is 30.9 Å². The number of ether oxygens (including phenoxy) is 1. The van der Waals surface area contributed by atoms with Crippen molar-refractivity contribution in [2.24, 2.45) is 11.8 Å². The van der Waals surface area contributed by atoms with Crippen LogP contribution in [-0.4, -0.2) is 51.4 Å². The highest BCUT2D eigenvalue weighted by atomic mass is 32.2. The summed E-state index contributed by atoms with van der Waals surface area (Å²) >= 11 is 0. The fraction of sp³-hybridized carbons (Fsp3) is 0.407. The summed E-state index contributed by atoms with van der Waals surface area (Å²) < 4.78 is 30.1. The average molecular weight is 515 g/mol. The summed E-state index contributed by atoms with van der Waals surface area (Å²) in [6.07, 6.45) is 2.51. The fourth-order valence-corrected chi connectivity index (χ4v) is 4.96. The maximum atomic E-state index is 13.3. The Morgan fingerprint density at radius 3 is 2.36 bits per heavy atom. The van der Waals surface area contributed by atoms with Crippen molar-refractivity contribution >= 4 is 33.2 Å². The van der Waals surface area contributed by atoms with Gasteiger partial charge >= 0.3 is 5.97 Å². The molecule has 1 unspecified atom stereocenters. The van der Waals surface area contributed by atoms with E-state index in [1.807, 2.05) is 55.5 Å². The minimum atomic E-state index is -3.20. The van der Waals surface area contributed by atoms with Gasteiger partial charge in [0.15, 0.2) is 0 Å². The largest absolute Gasteiger partial charge is 0.466 e. The second-order valence-electron chi connectivity index (χ2n) is 9.28. The number of carbonyl (C=O) groups is 2. The van der Waals surface area contributed by atoms with Crippen LogP contribution in [0.4, 0.5) is 5.69 Å². The normalized spacial score (nSPS) is 18.4. The number of carbonyl (C=O) groups excluding carboxylic acids is 2. The van der Waals surface area contributed by atoms with E-state index in [0.717, 1.165) is 28.6 Å². The lowest BCUT2D eigenvalue weighted by molar-refractivity contribution is -0.146. The van der Waals surface area contributed by atoms with Gasteiger partial charge in [-0.25, -0.2) is 13.1 Å². The third-order valence-electron chi connectivity index (χ3n) is 6.38. The molecule has 9 heteroatoms. The second kappa shape index (κ2) is 11.8. The van der Waals surface area contributed by atoms with Gasteiger partial charge in [-0.3, -0.25) is 9.59 Å². The molecule has 1 fully saturated rings. The zero-order valence-corrected chi connectivity index (χ0v) is 21.8. The van der Waals surface area contributed by atoms with E-state index in [1.165, 1.54) is 6.92 Å². The van der Waals surface area contributed by atoms with Gasteiger partial charge in [-0.1, -0.05) is 49.9 Å². The lowest BCUT2D eigenvalue weighted by Crippen LogP contribution is -2.58. The molecule has 0 saturated carbocycles. The summed E-state index contributed by atoms with van der Waals surface area (Å²) in [4.78, 5) is 26.4. The number of β-lactam (4-membered cyclic amide) rings is 1. The third-order valence-corrected chi connectivity index (χ3v) is 7.10. The van der Waals surface area contributed by atoms with E-state index in [1.54, 1.807) is 4.90 Å². The molecule has 1 heterocycles. The summed E-state index contributed by atoms with van der Waals surface area (Å²) in [5.74, 6) is -0.931. The molecule has 1 amide bonds. The Labute approximate surface area is 213 Å². The van der Waals surface area contributed by atoms with E-state index in [9.17, 15) is 23.1 Å². The van der Waals surface area contributed by atoms with Gasteiger partial charge in [0.25, 0.3) is 0 Å². The molecule has 36 heavy (non-hydrogen) atoms. The topological polar surface area (TPSA) is 113 Å². The van der Waals surface area contributed by atoms with E-state index in [0.29, 0.717) is 25.0 Å². The SMILES string of the molecule is C=C(CO)c1ccc(C2[C@@H]([C@H](C)COC(C)=O)C(=O)N2c2ccc(CCCNS(C)(=O)=O)cc2)cc1. The second-order valence-corrected chi connectivity index (χ2v) is 11.1. The van der Waals surface area contributed by atoms with Gasteiger partial charge in [0.1, 0.15) is 0 Å². The van der Waals surface area contributed by atoms with E-state index in [-0.39, 0.29) is 43.0 Å². The molecule has 0 aromatic heterocycles. The third kappa shape index (κ3) is 6.81. The first-order valence-corrected chi connectivity index (χ1v) is 13.8. The summed E-state index contributed by atoms with van der Waals surface area (Å²) in [7, 11) is -3.20. The van der Waals surface area contributed by atoms with Gasteiger partial charge in [-0.15, -0.1) is 0 Å². The van der Waals surface area contributed by atoms with Gasteiger partial charge in [0, 0.05) is 25.1 Å². The van der Waals surface area contributed by atoms with Crippen molar-refractivity contribution in [3.8, 4) is 0 Å². The first-order chi connectivity index (χ1) is 17.0. The molecular formula is C27H34N2O6S. The Morgan fingerprint density at radius 1 is 1.17 bits per heavy atom. The summed E-state index contributed by atoms with van der Waals surface area (Å²) in [5.41, 5.74) is 4.20. The molecule has 3 atom stereocenters. The zero-order chi connectivity index (χ0) is 26.5. The first kappa shape index (κ1) is 27.6. The van der Waals surface area contributed by atoms with Crippen molar-refractivity contribution in [3.05, 3.63) is 71.8 Å². The molecule has 8 nitrogen and oxygen atoms in total. The monoisotopic (exact) mass is 514 g/mol. The maximum Gasteiger partial charge on any atom is 0.302 e. The van der Waals surface area contributed by atoms with Crippen molar-refractivity contribution in [3.63, 3.8) is 0 Å². The molecule has 1 saturated heterocycles. The van der Waals surface area contributed by atoms with Crippen LogP contribution >= 0.6 is 0 Å². The number of nitrogens with zero attached hydrogens (tertiary/aromatic N) is 1. The highest BCUT2D eigenvalue weighted by molar-refractivity contribution is 7.88. The zero-order valence-electron chi connectivity index (χ0n) is 20.9. The molecular weight excluding hydrogens is 480 g/mol. The highest BCUT2D eigenvalue weighted by Gasteiger charge is 2.51. The number of nitrogens with one attached hydrogen (secondary N) is 1. The van der Waals surface area contributed by atoms with Crippen LogP contribution < -0.4 is 9.62 Å². The highest BCUT2D eigenvalue weighted by Crippen LogP contribution is 2.47. The molecule has 2 N–H and O–H groups in total. The Hall–Kier alpha value is -3.01. The number of hydrogen-bond acceptors (Lipinski definition) is 6. The van der Waals surface area contributed by atoms with Gasteiger partial charge in [-0.2, -0.15) is 0 Å². The van der Waals surface area contributed by atoms with Gasteiger partial charge in [-0.05, 0) is 47.2 Å². The van der Waals surface area contributed by atoms with Crippen molar-refractivity contribution in [1.82, 2.24) is 4.72 Å². The van der Waals surface area contributed by atoms with Crippen LogP contribution in [0.2, 0.25) is 0 Å². The smallest absolute Gasteiger partial charge is 0.302 e. The van der Waals surface area contributed by atoms with Crippen LogP contribution in [0.15, 0.2) is 55.1 Å². The number of hydrogen-bond donors (Lipinski definition) is 2. The summed E-state index contributed by atoms with van der Waals surface area (Å²) in [6.45, 7) is 7.52. The molecule has 0 spiro atoms. The van der Waals surface area contributed by atoms with E-state index in [4.69, 9.17) is 4.74 Å². The van der Waals surface area contributed by atoms with Crippen LogP contribution in [0.1, 0.15) is 43.0 Å². The Balaban J connectivity index is 1.79. The number of anilines is 1. The molecule has 0 aliphatic carbocycles. The number of aliphatic hydroxyl groups is 1. The Morgan fingerprint density at radius 2 is 1.81 bits per heavy atom. The van der Waals surface area contributed by atoms with Crippen molar-refractivity contribution in [1.29, 1.82) is 0 Å². The van der Waals surface area contributed by atoms with Crippen molar-refractivity contribution < 1.29 is 27.9 Å². The molecule has 0 bridgehead atoms. The average Bonchev–Trinajstić information content (AvgIpc) is 2.84. The van der Waals surface area contributed by atoms with Crippen LogP contribution in [0.5, 0.6) is 0 Å². The molecule has 194 valence electrons. The summed E-state index contributed by atoms with van der Waals surface area (Å²) in [5, 5.41) is 9.37. The van der Waals surface area contributed by atoms with Gasteiger partial charge in [0.2, 0.25) is 15.9 Å². The Bertz CT molecular complexity index is 1190. The molecule has 3 rings (SSSR count). The van der Waals surface area contributed by atoms with Crippen LogP contribution in [0.3, 0.4) is 0 Å². The lowest BCUT2D eigenvalue weighted by Gasteiger charge is -2.49. The number of amides is 1. The van der Waals surface area contributed by atoms with E-state index in [2.05, 4.69) is 11.3 Å². The Kier molecular flexibility index (Phi) is 9.05. The van der Waals surface area contributed by atoms with E-state index >= 15 is 0 Å². The van der Waals surface area contributed by atoms with Crippen molar-refractivity contribution in [2.45, 2.75) is 32.7 Å². The quantitative estimate of drug-likeness (QED) is 0.256. The predicted octanol–water partition coefficient (Wildman–Crippen LogP) is 3.08. The van der Waals surface area contributed by atoms with Crippen LogP contribution in [-0.2, 0) is 30.8 Å². The number of aliphatic hydroxyl groups excluding tert-OH is 1. The summed E-state index contributed by atoms with van der Waals surface area (Å²) in [6, 6.07) is 15.1. The van der Waals surface area contributed by atoms with E-state index < -0.39 is 10.0 Å². The minimum Gasteiger partial charge on any atom is -0.466 e. The standard InChI is InChI=1S/C27H34N2O6S/c1-18(16-30)22-9-11-23(12-10-22)26-25(19(2)17-35-20(3)31)27(32)29(26)24-13-7-21(8-14-24)6-5-15-28-36(4,33)34/h7-14,19,25-26,28,30H,1,5-6,15-17H2,2-4H3/t19-,25-,26?/m1/s1. The van der Waals surface area contributed by atoms with Crippen LogP contribution in [0, 0.1) is 11.8 Å². The number of rotatable bonds is 12. The van der Waals surface area contributed by atoms with Gasteiger partial charge < -0.3 is 14.7 Å². The number of sulfonamides is 1. The molecule has 1 aliphatic heterocycles. The fourth-order valence-electron chi connectivity index (χ4n) is 4.44. The molecule has 2 aromatic carbocycles. The minimum absolute atomic E-state index is 0.0337. The number of benzene rings is 2. The maximum absolute atomic E-state index is 13.3.